The summed E-state index contributed by atoms with van der Waals surface area (Å²) in [4.78, 5) is 77.8. The first kappa shape index (κ1) is 47.3. The van der Waals surface area contributed by atoms with E-state index in [1.165, 1.54) is 48.5 Å². The zero-order valence-corrected chi connectivity index (χ0v) is 37.3. The summed E-state index contributed by atoms with van der Waals surface area (Å²) in [6.45, 7) is 5.82. The number of Topliss-reactive ketones (excluding diaryl/α,β-unsaturated/α-hetero) is 2. The molecule has 0 saturated carbocycles. The Morgan fingerprint density at radius 3 is 1.18 bits per heavy atom. The fraction of sp³-hybridized carbons (Fsp3) is 0.143. The molecule has 14 nitrogen and oxygen atoms in total. The zero-order chi connectivity index (χ0) is 45.4. The predicted molar refractivity (Wildman–Crippen MR) is 243 cm³/mol. The first-order valence-electron chi connectivity index (χ1n) is 18.0. The molecule has 0 aliphatic carbocycles. The van der Waals surface area contributed by atoms with E-state index in [-0.39, 0.29) is 54.0 Å². The van der Waals surface area contributed by atoms with Crippen LogP contribution in [0.4, 0.5) is 34.1 Å². The lowest BCUT2D eigenvalue weighted by Crippen LogP contribution is -2.32. The number of benzene rings is 5. The van der Waals surface area contributed by atoms with Crippen molar-refractivity contribution in [2.75, 3.05) is 21.3 Å². The molecule has 5 rings (SSSR count). The number of halogens is 6. The van der Waals surface area contributed by atoms with Gasteiger partial charge in [0.1, 0.15) is 11.4 Å². The highest BCUT2D eigenvalue weighted by atomic mass is 35.5. The summed E-state index contributed by atoms with van der Waals surface area (Å²) in [6.07, 6.45) is 0. The van der Waals surface area contributed by atoms with Gasteiger partial charge in [0.2, 0.25) is 12.1 Å². The van der Waals surface area contributed by atoms with Crippen LogP contribution >= 0.6 is 69.6 Å². The van der Waals surface area contributed by atoms with Crippen molar-refractivity contribution in [3.8, 4) is 0 Å². The minimum atomic E-state index is -1.69. The lowest BCUT2D eigenvalue weighted by Gasteiger charge is -2.15. The van der Waals surface area contributed by atoms with Crippen LogP contribution in [0.3, 0.4) is 0 Å². The predicted octanol–water partition coefficient (Wildman–Crippen LogP) is 12.1. The molecule has 20 heteroatoms. The SMILES string of the molecule is CC(=O)C(N=Nc1cc(C(=O)Nc2cc(Cl)ccc2C)ccc1Cl)C(=O)Nc1cc(Cl)c(NC(=O)C(N=Nc2cc(C(=O)Nc3cc(Cl)ccc3C)ccc2Cl)C(C)=O)cc1Cl. The van der Waals surface area contributed by atoms with Crippen LogP contribution in [0, 0.1) is 13.8 Å². The fourth-order valence-corrected chi connectivity index (χ4v) is 6.40. The Morgan fingerprint density at radius 1 is 0.452 bits per heavy atom. The van der Waals surface area contributed by atoms with Crippen LogP contribution in [-0.4, -0.2) is 47.3 Å². The zero-order valence-electron chi connectivity index (χ0n) is 32.7. The van der Waals surface area contributed by atoms with Gasteiger partial charge in [0.15, 0.2) is 11.6 Å². The van der Waals surface area contributed by atoms with Crippen molar-refractivity contribution in [3.63, 3.8) is 0 Å². The summed E-state index contributed by atoms with van der Waals surface area (Å²) in [5.41, 5.74) is 2.68. The molecule has 2 atom stereocenters. The van der Waals surface area contributed by atoms with Gasteiger partial charge in [-0.3, -0.25) is 28.8 Å². The van der Waals surface area contributed by atoms with Crippen molar-refractivity contribution in [3.05, 3.63) is 137 Å². The van der Waals surface area contributed by atoms with Crippen molar-refractivity contribution in [2.45, 2.75) is 39.8 Å². The van der Waals surface area contributed by atoms with Gasteiger partial charge in [0, 0.05) is 32.5 Å². The summed E-state index contributed by atoms with van der Waals surface area (Å²) >= 11 is 37.6. The van der Waals surface area contributed by atoms with Gasteiger partial charge in [-0.15, -0.1) is 0 Å². The van der Waals surface area contributed by atoms with Crippen LogP contribution in [0.25, 0.3) is 0 Å². The Balaban J connectivity index is 1.27. The molecule has 2 unspecified atom stereocenters. The molecule has 4 N–H and O–H groups in total. The number of anilines is 4. The summed E-state index contributed by atoms with van der Waals surface area (Å²) < 4.78 is 0. The van der Waals surface area contributed by atoms with Gasteiger partial charge in [-0.05, 0) is 112 Å². The summed E-state index contributed by atoms with van der Waals surface area (Å²) in [5.74, 6) is -4.31. The number of aryl methyl sites for hydroxylation is 2. The molecule has 0 saturated heterocycles. The van der Waals surface area contributed by atoms with Crippen molar-refractivity contribution in [2.24, 2.45) is 20.5 Å². The molecule has 5 aromatic carbocycles. The fourth-order valence-electron chi connectivity index (χ4n) is 5.33. The van der Waals surface area contributed by atoms with Crippen molar-refractivity contribution in [1.82, 2.24) is 0 Å². The maximum absolute atomic E-state index is 13.3. The van der Waals surface area contributed by atoms with Gasteiger partial charge in [-0.25, -0.2) is 0 Å². The smallest absolute Gasteiger partial charge is 0.258 e. The van der Waals surface area contributed by atoms with Gasteiger partial charge in [-0.1, -0.05) is 81.7 Å². The minimum absolute atomic E-state index is 0.00484. The van der Waals surface area contributed by atoms with E-state index < -0.39 is 47.3 Å². The maximum Gasteiger partial charge on any atom is 0.258 e. The third-order valence-electron chi connectivity index (χ3n) is 8.71. The van der Waals surface area contributed by atoms with Crippen LogP contribution in [0.15, 0.2) is 105 Å². The van der Waals surface area contributed by atoms with Crippen LogP contribution in [-0.2, 0) is 19.2 Å². The molecule has 318 valence electrons. The Morgan fingerprint density at radius 2 is 0.823 bits per heavy atom. The molecule has 62 heavy (non-hydrogen) atoms. The van der Waals surface area contributed by atoms with E-state index in [9.17, 15) is 28.8 Å². The molecular formula is C42H32Cl6N8O6. The normalized spacial score (nSPS) is 12.2. The average Bonchev–Trinajstić information content (AvgIpc) is 3.20. The number of hydrogen-bond donors (Lipinski definition) is 4. The van der Waals surface area contributed by atoms with E-state index in [0.29, 0.717) is 21.4 Å². The maximum atomic E-state index is 13.3. The van der Waals surface area contributed by atoms with Crippen LogP contribution in [0.5, 0.6) is 0 Å². The van der Waals surface area contributed by atoms with Crippen molar-refractivity contribution in [1.29, 1.82) is 0 Å². The molecule has 4 amide bonds. The number of ketones is 2. The quantitative estimate of drug-likeness (QED) is 0.0630. The molecule has 0 aliphatic heterocycles. The van der Waals surface area contributed by atoms with E-state index >= 15 is 0 Å². The molecule has 5 aromatic rings. The average molecular weight is 957 g/mol. The van der Waals surface area contributed by atoms with E-state index in [4.69, 9.17) is 69.6 Å². The number of nitrogens with one attached hydrogen (secondary N) is 4. The second-order valence-corrected chi connectivity index (χ2v) is 15.9. The highest BCUT2D eigenvalue weighted by Crippen LogP contribution is 2.34. The van der Waals surface area contributed by atoms with Crippen LogP contribution in [0.1, 0.15) is 45.7 Å². The van der Waals surface area contributed by atoms with E-state index in [1.54, 1.807) is 50.2 Å². The summed E-state index contributed by atoms with van der Waals surface area (Å²) in [5, 5.41) is 27.0. The number of rotatable bonds is 14. The summed E-state index contributed by atoms with van der Waals surface area (Å²) in [7, 11) is 0. The third kappa shape index (κ3) is 12.2. The van der Waals surface area contributed by atoms with Gasteiger partial charge in [-0.2, -0.15) is 20.5 Å². The van der Waals surface area contributed by atoms with Crippen LogP contribution < -0.4 is 21.3 Å². The van der Waals surface area contributed by atoms with Gasteiger partial charge < -0.3 is 21.3 Å². The Labute approximate surface area is 384 Å². The lowest BCUT2D eigenvalue weighted by atomic mass is 10.1. The standard InChI is InChI=1S/C42H32Cl6N8O6/c1-19-5-9-25(43)15-31(19)49-39(59)23-7-11-27(45)35(13-23)53-55-37(21(3)57)41(61)51-33-17-30(48)34(18-29(33)47)52-42(62)38(22(4)58)56-54-36-14-24(8-12-28(36)46)40(60)50-32-16-26(44)10-6-20(32)2/h5-18,37-38H,1-4H3,(H,49,59)(H,50,60)(H,51,61)(H,52,62). The lowest BCUT2D eigenvalue weighted by molar-refractivity contribution is -0.127. The highest BCUT2D eigenvalue weighted by molar-refractivity contribution is 6.38. The molecule has 0 bridgehead atoms. The Hall–Kier alpha value is -5.74. The number of amides is 4. The Bertz CT molecular complexity index is 2530. The van der Waals surface area contributed by atoms with Crippen molar-refractivity contribution >= 4 is 139 Å². The first-order chi connectivity index (χ1) is 29.3. The number of carbonyl (C=O) groups excluding carboxylic acids is 6. The number of azo groups is 2. The molecule has 0 heterocycles. The molecule has 0 aliphatic rings. The molecular weight excluding hydrogens is 925 g/mol. The minimum Gasteiger partial charge on any atom is -0.322 e. The number of nitrogens with zero attached hydrogens (tertiary/aromatic N) is 4. The van der Waals surface area contributed by atoms with Crippen molar-refractivity contribution < 1.29 is 28.8 Å². The second kappa shape index (κ2) is 20.9. The number of carbonyl (C=O) groups is 6. The highest BCUT2D eigenvalue weighted by Gasteiger charge is 2.27. The van der Waals surface area contributed by atoms with E-state index in [2.05, 4.69) is 41.7 Å². The largest absolute Gasteiger partial charge is 0.322 e. The monoisotopic (exact) mass is 954 g/mol. The molecule has 0 fully saturated rings. The summed E-state index contributed by atoms with van der Waals surface area (Å²) in [6, 6.07) is 17.4. The van der Waals surface area contributed by atoms with Gasteiger partial charge in [0.05, 0.1) is 31.5 Å². The Kier molecular flexibility index (Phi) is 15.9. The topological polar surface area (TPSA) is 200 Å². The second-order valence-electron chi connectivity index (χ2n) is 13.4. The van der Waals surface area contributed by atoms with Gasteiger partial charge in [0.25, 0.3) is 23.6 Å². The van der Waals surface area contributed by atoms with E-state index in [0.717, 1.165) is 25.0 Å². The first-order valence-corrected chi connectivity index (χ1v) is 20.3. The number of hydrogen-bond acceptors (Lipinski definition) is 10. The molecule has 0 aromatic heterocycles. The molecule has 0 spiro atoms. The molecule has 0 radical (unpaired) electrons. The van der Waals surface area contributed by atoms with E-state index in [1.807, 2.05) is 0 Å². The third-order valence-corrected chi connectivity index (χ3v) is 10.4. The van der Waals surface area contributed by atoms with Gasteiger partial charge >= 0.3 is 0 Å². The van der Waals surface area contributed by atoms with Crippen LogP contribution in [0.2, 0.25) is 30.1 Å².